The minimum absolute atomic E-state index is 0.188. The van der Waals surface area contributed by atoms with Crippen LogP contribution in [0, 0.1) is 0 Å². The maximum atomic E-state index is 13.5. The number of nitrogens with zero attached hydrogens (tertiary/aromatic N) is 11. The highest BCUT2D eigenvalue weighted by Gasteiger charge is 2.23. The summed E-state index contributed by atoms with van der Waals surface area (Å²) in [5, 5.41) is 42.5. The van der Waals surface area contributed by atoms with Crippen LogP contribution in [0.3, 0.4) is 0 Å². The van der Waals surface area contributed by atoms with Gasteiger partial charge in [0.25, 0.3) is 17.7 Å². The number of benzene rings is 1. The highest BCUT2D eigenvalue weighted by atomic mass is 16.5. The van der Waals surface area contributed by atoms with Gasteiger partial charge in [-0.15, -0.1) is 0 Å². The number of hydrogen-bond acceptors (Lipinski definition) is 18. The molecule has 0 aliphatic carbocycles. The van der Waals surface area contributed by atoms with Crippen molar-refractivity contribution in [2.75, 3.05) is 78.3 Å². The summed E-state index contributed by atoms with van der Waals surface area (Å²) >= 11 is 0. The lowest BCUT2D eigenvalue weighted by molar-refractivity contribution is -0.690. The molecule has 3 aliphatic rings. The summed E-state index contributed by atoms with van der Waals surface area (Å²) < 4.78 is 19.2. The van der Waals surface area contributed by atoms with Crippen LogP contribution in [0.4, 0.5) is 52.1 Å². The van der Waals surface area contributed by atoms with Crippen molar-refractivity contribution in [3.63, 3.8) is 0 Å². The number of carbonyl (C=O) groups is 3. The second-order valence-electron chi connectivity index (χ2n) is 17.3. The molecule has 25 nitrogen and oxygen atoms in total. The fourth-order valence-electron chi connectivity index (χ4n) is 8.85. The van der Waals surface area contributed by atoms with Gasteiger partial charge in [-0.25, -0.2) is 19.9 Å². The van der Waals surface area contributed by atoms with Crippen molar-refractivity contribution < 1.29 is 28.4 Å². The second-order valence-corrected chi connectivity index (χ2v) is 17.3. The number of carbonyl (C=O) groups excluding carboxylic acids is 3. The first-order valence-electron chi connectivity index (χ1n) is 23.6. The summed E-state index contributed by atoms with van der Waals surface area (Å²) in [6.07, 6.45) is 10.2. The number of hydrogen-bond donors (Lipinski definition) is 9. The molecule has 0 atom stereocenters. The van der Waals surface area contributed by atoms with E-state index in [0.717, 1.165) is 16.9 Å². The predicted octanol–water partition coefficient (Wildman–Crippen LogP) is 3.41. The number of aryl methyl sites for hydroxylation is 1. The number of fused-ring (bicyclic) bond motifs is 9. The predicted molar refractivity (Wildman–Crippen MR) is 268 cm³/mol. The molecular formula is C48H47N20O5+. The summed E-state index contributed by atoms with van der Waals surface area (Å²) in [5.74, 6) is 4.12. The SMILES string of the molecule is CNc1cc2nc3c(cnn13)C(=O)NCCCc1cc(cc(OCCNc3cc4nc5c(cnn35)C(=O)NCCOc3cc(c[n+](CNc5cc6nc7c(cnn57)C(=O)NCCc5cccc(n5)N6)c3)N4)c1)N2. The minimum atomic E-state index is -0.351. The summed E-state index contributed by atoms with van der Waals surface area (Å²) in [5.41, 5.74) is 5.40. The standard InChI is InChI=1S/C48H46N20O5/c1-49-40-18-37-59-29-14-27(4-3-8-51-46(69)33-21-55-66(40)43(33)62-37)15-31(16-29)72-12-10-50-41-19-38-60-30-17-32(73-13-11-53-48(71)35-23-56-67(41)44(35)63-38)25-65(24-30)26-54-42-20-39-61-36-6-2-5-28(58-36)7-9-52-47(70)34-22-57-68(42)45(34)64-39/h2,5-6,14-25H,3-4,7-13,26H2,1H3,(H8-,49,50,51,52,53,54,55,56,57,58,59,60,61,62,63,64,69,70,71)/p+1. The number of ether oxygens (including phenoxy) is 2. The van der Waals surface area contributed by atoms with Gasteiger partial charge in [-0.1, -0.05) is 6.07 Å². The van der Waals surface area contributed by atoms with Crippen molar-refractivity contribution in [1.82, 2.24) is 64.7 Å². The van der Waals surface area contributed by atoms with E-state index < -0.39 is 0 Å². The topological polar surface area (TPSA) is 285 Å². The monoisotopic (exact) mass is 983 g/mol. The van der Waals surface area contributed by atoms with Crippen molar-refractivity contribution >= 4 is 86.8 Å². The average molecular weight is 984 g/mol. The Hall–Kier alpha value is -9.81. The Morgan fingerprint density at radius 1 is 0.644 bits per heavy atom. The van der Waals surface area contributed by atoms with Gasteiger partial charge >= 0.3 is 0 Å². The number of nitrogens with one attached hydrogen (secondary N) is 9. The Labute approximate surface area is 414 Å². The van der Waals surface area contributed by atoms with Gasteiger partial charge in [0.15, 0.2) is 28.9 Å². The van der Waals surface area contributed by atoms with Crippen LogP contribution in [-0.2, 0) is 19.5 Å². The van der Waals surface area contributed by atoms with Gasteiger partial charge in [0.05, 0.1) is 31.7 Å². The summed E-state index contributed by atoms with van der Waals surface area (Å²) in [4.78, 5) is 58.9. The molecular weight excluding hydrogens is 937 g/mol. The molecule has 11 heterocycles. The van der Waals surface area contributed by atoms with Crippen LogP contribution < -0.4 is 61.9 Å². The molecule has 0 spiro atoms. The van der Waals surface area contributed by atoms with Crippen molar-refractivity contribution in [3.05, 3.63) is 120 Å². The van der Waals surface area contributed by atoms with Crippen molar-refractivity contribution in [2.24, 2.45) is 0 Å². The average Bonchev–Trinajstić information content (AvgIpc) is 4.14. The zero-order chi connectivity index (χ0) is 49.4. The molecule has 0 unspecified atom stereocenters. The summed E-state index contributed by atoms with van der Waals surface area (Å²) in [7, 11) is 1.78. The number of pyridine rings is 2. The molecule has 3 aliphatic heterocycles. The van der Waals surface area contributed by atoms with Crippen LogP contribution in [0.25, 0.3) is 16.9 Å². The lowest BCUT2D eigenvalue weighted by Gasteiger charge is -2.15. The highest BCUT2D eigenvalue weighted by Crippen LogP contribution is 2.29. The number of rotatable bonds is 9. The molecule has 12 rings (SSSR count). The van der Waals surface area contributed by atoms with Crippen LogP contribution in [0.2, 0.25) is 0 Å². The summed E-state index contributed by atoms with van der Waals surface area (Å²) in [6.45, 7) is 2.13. The van der Waals surface area contributed by atoms with Crippen LogP contribution in [0.5, 0.6) is 11.5 Å². The minimum Gasteiger partial charge on any atom is -0.492 e. The Morgan fingerprint density at radius 2 is 1.29 bits per heavy atom. The van der Waals surface area contributed by atoms with Gasteiger partial charge in [0.2, 0.25) is 12.9 Å². The van der Waals surface area contributed by atoms with Gasteiger partial charge in [0.1, 0.15) is 82.1 Å². The van der Waals surface area contributed by atoms with Gasteiger partial charge < -0.3 is 57.3 Å². The van der Waals surface area contributed by atoms with E-state index in [1.54, 1.807) is 32.7 Å². The van der Waals surface area contributed by atoms with E-state index in [2.05, 4.69) is 63.1 Å². The Bertz CT molecular complexity index is 3640. The molecule has 3 amide bonds. The largest absolute Gasteiger partial charge is 0.492 e. The van der Waals surface area contributed by atoms with Crippen LogP contribution in [-0.4, -0.2) is 113 Å². The fourth-order valence-corrected chi connectivity index (χ4v) is 8.85. The molecule has 1 aromatic carbocycles. The van der Waals surface area contributed by atoms with Gasteiger partial charge in [0, 0.05) is 68.3 Å². The molecule has 8 aromatic heterocycles. The Kier molecular flexibility index (Phi) is 11.5. The maximum absolute atomic E-state index is 13.5. The van der Waals surface area contributed by atoms with Gasteiger partial charge in [-0.2, -0.15) is 33.4 Å². The molecule has 368 valence electrons. The second kappa shape index (κ2) is 18.8. The van der Waals surface area contributed by atoms with E-state index in [1.807, 2.05) is 65.5 Å². The highest BCUT2D eigenvalue weighted by molar-refractivity contribution is 6.01. The maximum Gasteiger partial charge on any atom is 0.256 e. The number of aromatic nitrogens is 11. The molecule has 0 saturated carbocycles. The molecule has 25 heteroatoms. The van der Waals surface area contributed by atoms with Crippen molar-refractivity contribution in [1.29, 1.82) is 0 Å². The lowest BCUT2D eigenvalue weighted by atomic mass is 10.1. The summed E-state index contributed by atoms with van der Waals surface area (Å²) in [6, 6.07) is 18.9. The Morgan fingerprint density at radius 3 is 2.01 bits per heavy atom. The van der Waals surface area contributed by atoms with E-state index in [4.69, 9.17) is 29.4 Å². The third-order valence-corrected chi connectivity index (χ3v) is 12.2. The van der Waals surface area contributed by atoms with Gasteiger partial charge in [-0.3, -0.25) is 14.4 Å². The molecule has 0 radical (unpaired) electrons. The van der Waals surface area contributed by atoms with E-state index in [1.165, 1.54) is 18.6 Å². The van der Waals surface area contributed by atoms with Crippen LogP contribution in [0.1, 0.15) is 48.8 Å². The molecule has 9 aromatic rings. The van der Waals surface area contributed by atoms with Crippen molar-refractivity contribution in [3.8, 4) is 11.5 Å². The van der Waals surface area contributed by atoms with Crippen LogP contribution >= 0.6 is 0 Å². The zero-order valence-corrected chi connectivity index (χ0v) is 39.2. The first kappa shape index (κ1) is 44.4. The molecule has 0 saturated heterocycles. The molecule has 73 heavy (non-hydrogen) atoms. The fraction of sp³-hybridized carbons (Fsp3) is 0.229. The van der Waals surface area contributed by atoms with E-state index in [0.29, 0.717) is 125 Å². The Balaban J connectivity index is 0.786. The van der Waals surface area contributed by atoms with E-state index >= 15 is 0 Å². The first-order valence-corrected chi connectivity index (χ1v) is 23.6. The molecule has 9 N–H and O–H groups in total. The van der Waals surface area contributed by atoms with E-state index in [9.17, 15) is 14.4 Å². The van der Waals surface area contributed by atoms with E-state index in [-0.39, 0.29) is 49.7 Å². The first-order chi connectivity index (χ1) is 35.8. The lowest BCUT2D eigenvalue weighted by Crippen LogP contribution is -2.38. The normalized spacial score (nSPS) is 14.5. The van der Waals surface area contributed by atoms with Crippen molar-refractivity contribution in [2.45, 2.75) is 25.9 Å². The van der Waals surface area contributed by atoms with Crippen LogP contribution in [0.15, 0.2) is 91.6 Å². The third-order valence-electron chi connectivity index (χ3n) is 12.2. The molecule has 0 fully saturated rings. The third kappa shape index (κ3) is 9.12. The van der Waals surface area contributed by atoms with Gasteiger partial charge in [-0.05, 0) is 42.7 Å². The number of amides is 3. The smallest absolute Gasteiger partial charge is 0.256 e. The number of anilines is 9. The molecule has 12 bridgehead atoms. The quantitative estimate of drug-likeness (QED) is 0.0740. The zero-order valence-electron chi connectivity index (χ0n) is 39.2.